The molecular weight excluding hydrogens is 391 g/mol. The van der Waals surface area contributed by atoms with Crippen LogP contribution < -0.4 is 10.1 Å². The molecule has 0 unspecified atom stereocenters. The molecule has 2 aliphatic rings. The van der Waals surface area contributed by atoms with Gasteiger partial charge in [0.1, 0.15) is 30.0 Å². The monoisotopic (exact) mass is 410 g/mol. The Morgan fingerprint density at radius 3 is 2.58 bits per heavy atom. The van der Waals surface area contributed by atoms with Crippen LogP contribution in [0, 0.1) is 12.7 Å². The Morgan fingerprint density at radius 1 is 0.968 bits per heavy atom. The molecule has 2 aliphatic heterocycles. The molecule has 2 atom stereocenters. The predicted octanol–water partition coefficient (Wildman–Crippen LogP) is 5.29. The summed E-state index contributed by atoms with van der Waals surface area (Å²) in [6.45, 7) is 2.05. The van der Waals surface area contributed by atoms with Crippen LogP contribution in [0.3, 0.4) is 0 Å². The van der Waals surface area contributed by atoms with E-state index in [-0.39, 0.29) is 5.82 Å². The summed E-state index contributed by atoms with van der Waals surface area (Å²) in [4.78, 5) is 4.38. The van der Waals surface area contributed by atoms with Crippen LogP contribution in [0.1, 0.15) is 34.4 Å². The van der Waals surface area contributed by atoms with E-state index in [2.05, 4.69) is 46.6 Å². The fourth-order valence-corrected chi connectivity index (χ4v) is 4.43. The minimum Gasteiger partial charge on any atom is -0.480 e. The van der Waals surface area contributed by atoms with Crippen molar-refractivity contribution in [1.29, 1.82) is 0 Å². The van der Waals surface area contributed by atoms with E-state index in [1.165, 1.54) is 18.0 Å². The Labute approximate surface area is 178 Å². The van der Waals surface area contributed by atoms with E-state index in [9.17, 15) is 0 Å². The van der Waals surface area contributed by atoms with Crippen molar-refractivity contribution in [2.24, 2.45) is 0 Å². The summed E-state index contributed by atoms with van der Waals surface area (Å²) in [6.07, 6.45) is 1.09. The lowest BCUT2D eigenvalue weighted by molar-refractivity contribution is 0.222. The molecule has 3 aromatic carbocycles. The highest BCUT2D eigenvalue weighted by atomic mass is 19.1. The van der Waals surface area contributed by atoms with Crippen LogP contribution in [0.2, 0.25) is 0 Å². The minimum absolute atomic E-state index is 0.288. The lowest BCUT2D eigenvalue weighted by Gasteiger charge is -2.39. The highest BCUT2D eigenvalue weighted by Gasteiger charge is 2.41. The fraction of sp³-hybridized carbons (Fsp3) is 0.120. The van der Waals surface area contributed by atoms with Crippen molar-refractivity contribution >= 4 is 11.6 Å². The Kier molecular flexibility index (Phi) is 3.93. The zero-order valence-corrected chi connectivity index (χ0v) is 16.8. The second kappa shape index (κ2) is 6.80. The van der Waals surface area contributed by atoms with Gasteiger partial charge >= 0.3 is 0 Å². The molecule has 6 rings (SSSR count). The first-order chi connectivity index (χ1) is 15.2. The number of aromatic nitrogens is 3. The van der Waals surface area contributed by atoms with Crippen LogP contribution in [-0.4, -0.2) is 14.8 Å². The van der Waals surface area contributed by atoms with Crippen LogP contribution in [0.4, 0.5) is 10.3 Å². The highest BCUT2D eigenvalue weighted by Crippen LogP contribution is 2.50. The second-order valence-electron chi connectivity index (χ2n) is 7.81. The molecule has 0 fully saturated rings. The van der Waals surface area contributed by atoms with Gasteiger partial charge < -0.3 is 10.1 Å². The van der Waals surface area contributed by atoms with Gasteiger partial charge in [0.25, 0.3) is 0 Å². The number of anilines is 1. The number of aryl methyl sites for hydroxylation is 1. The number of hydrogen-bond donors (Lipinski definition) is 1. The molecule has 5 nitrogen and oxygen atoms in total. The minimum atomic E-state index is -0.491. The smallest absolute Gasteiger partial charge is 0.226 e. The van der Waals surface area contributed by atoms with Crippen molar-refractivity contribution in [3.05, 3.63) is 113 Å². The van der Waals surface area contributed by atoms with Crippen LogP contribution in [-0.2, 0) is 0 Å². The molecule has 6 heteroatoms. The number of hydrogen-bond acceptors (Lipinski definition) is 4. The molecule has 4 aromatic rings. The normalized spacial score (nSPS) is 19.0. The fourth-order valence-electron chi connectivity index (χ4n) is 4.43. The summed E-state index contributed by atoms with van der Waals surface area (Å²) in [5.41, 5.74) is 5.42. The first-order valence-electron chi connectivity index (χ1n) is 10.2. The summed E-state index contributed by atoms with van der Waals surface area (Å²) in [5, 5.41) is 7.86. The van der Waals surface area contributed by atoms with Crippen molar-refractivity contribution in [1.82, 2.24) is 14.8 Å². The predicted molar refractivity (Wildman–Crippen MR) is 116 cm³/mol. The molecule has 0 amide bonds. The summed E-state index contributed by atoms with van der Waals surface area (Å²) < 4.78 is 23.3. The molecule has 3 heterocycles. The summed E-state index contributed by atoms with van der Waals surface area (Å²) in [7, 11) is 0. The van der Waals surface area contributed by atoms with Gasteiger partial charge in [-0.3, -0.25) is 0 Å². The van der Waals surface area contributed by atoms with Gasteiger partial charge in [0.05, 0.1) is 5.70 Å². The first-order valence-corrected chi connectivity index (χ1v) is 10.2. The molecule has 0 bridgehead atoms. The van der Waals surface area contributed by atoms with E-state index in [0.717, 1.165) is 28.1 Å². The highest BCUT2D eigenvalue weighted by molar-refractivity contribution is 5.85. The Bertz CT molecular complexity index is 1330. The van der Waals surface area contributed by atoms with E-state index >= 15 is 4.39 Å². The maximum Gasteiger partial charge on any atom is 0.226 e. The molecule has 0 saturated carbocycles. The third kappa shape index (κ3) is 2.75. The molecule has 0 aliphatic carbocycles. The van der Waals surface area contributed by atoms with Crippen molar-refractivity contribution in [2.45, 2.75) is 19.1 Å². The molecule has 1 N–H and O–H groups in total. The zero-order chi connectivity index (χ0) is 20.9. The van der Waals surface area contributed by atoms with Gasteiger partial charge in [0, 0.05) is 16.7 Å². The topological polar surface area (TPSA) is 52.0 Å². The summed E-state index contributed by atoms with van der Waals surface area (Å²) in [6, 6.07) is 22.5. The van der Waals surface area contributed by atoms with Gasteiger partial charge in [0.2, 0.25) is 5.95 Å². The maximum atomic E-state index is 15.1. The summed E-state index contributed by atoms with van der Waals surface area (Å²) in [5.74, 6) is 1.06. The number of para-hydroxylation sites is 1. The second-order valence-corrected chi connectivity index (χ2v) is 7.81. The number of nitrogens with one attached hydrogen (secondary N) is 1. The van der Waals surface area contributed by atoms with Crippen molar-refractivity contribution in [2.75, 3.05) is 5.32 Å². The Balaban J connectivity index is 1.65. The van der Waals surface area contributed by atoms with Crippen molar-refractivity contribution < 1.29 is 9.13 Å². The van der Waals surface area contributed by atoms with E-state index in [1.54, 1.807) is 16.8 Å². The largest absolute Gasteiger partial charge is 0.480 e. The van der Waals surface area contributed by atoms with Gasteiger partial charge in [0.15, 0.2) is 0 Å². The lowest BCUT2D eigenvalue weighted by atomic mass is 9.84. The quantitative estimate of drug-likeness (QED) is 0.488. The van der Waals surface area contributed by atoms with E-state index in [4.69, 9.17) is 4.74 Å². The van der Waals surface area contributed by atoms with E-state index in [1.807, 2.05) is 30.3 Å². The first kappa shape index (κ1) is 17.9. The molecule has 0 radical (unpaired) electrons. The van der Waals surface area contributed by atoms with E-state index < -0.39 is 12.1 Å². The van der Waals surface area contributed by atoms with Crippen LogP contribution in [0.5, 0.6) is 5.75 Å². The molecule has 1 aromatic heterocycles. The average molecular weight is 410 g/mol. The number of benzene rings is 3. The number of nitrogens with zero attached hydrogens (tertiary/aromatic N) is 3. The zero-order valence-electron chi connectivity index (χ0n) is 16.8. The van der Waals surface area contributed by atoms with Crippen molar-refractivity contribution in [3.8, 4) is 5.75 Å². The van der Waals surface area contributed by atoms with Gasteiger partial charge in [-0.1, -0.05) is 60.2 Å². The van der Waals surface area contributed by atoms with Gasteiger partial charge in [-0.05, 0) is 30.7 Å². The SMILES string of the molecule is Cc1ccc([C@H]2Oc3ccccc3C3=C2[C@@H](c2ccccc2F)n2ncnc2N3)cc1. The molecule has 152 valence electrons. The van der Waals surface area contributed by atoms with E-state index in [0.29, 0.717) is 11.5 Å². The van der Waals surface area contributed by atoms with Crippen LogP contribution >= 0.6 is 0 Å². The van der Waals surface area contributed by atoms with Gasteiger partial charge in [-0.2, -0.15) is 10.1 Å². The average Bonchev–Trinajstić information content (AvgIpc) is 3.27. The Morgan fingerprint density at radius 2 is 1.74 bits per heavy atom. The van der Waals surface area contributed by atoms with Crippen LogP contribution in [0.25, 0.3) is 5.70 Å². The molecule has 31 heavy (non-hydrogen) atoms. The van der Waals surface area contributed by atoms with Gasteiger partial charge in [-0.15, -0.1) is 0 Å². The number of ether oxygens (including phenoxy) is 1. The maximum absolute atomic E-state index is 15.1. The molecular formula is C25H19FN4O. The summed E-state index contributed by atoms with van der Waals surface area (Å²) >= 11 is 0. The van der Waals surface area contributed by atoms with Crippen molar-refractivity contribution in [3.63, 3.8) is 0 Å². The molecule has 0 saturated heterocycles. The lowest BCUT2D eigenvalue weighted by Crippen LogP contribution is -2.32. The standard InChI is InChI=1S/C25H19FN4O/c1-15-10-12-16(13-11-15)24-21-22(18-7-3-5-9-20(18)31-24)29-25-27-14-28-30(25)23(21)17-6-2-4-8-19(17)26/h2-14,23-24H,1H3,(H,27,28,29)/t23-,24-/m1/s1. The number of halogens is 1. The third-order valence-electron chi connectivity index (χ3n) is 5.90. The third-order valence-corrected chi connectivity index (χ3v) is 5.90. The van der Waals surface area contributed by atoms with Gasteiger partial charge in [-0.25, -0.2) is 9.07 Å². The Hall–Kier alpha value is -3.93. The number of fused-ring (bicyclic) bond motifs is 3. The van der Waals surface area contributed by atoms with Crippen LogP contribution in [0.15, 0.2) is 84.7 Å². The molecule has 0 spiro atoms. The number of rotatable bonds is 2.